The summed E-state index contributed by atoms with van der Waals surface area (Å²) in [4.78, 5) is 0. The first kappa shape index (κ1) is 16.9. The molecule has 0 radical (unpaired) electrons. The van der Waals surface area contributed by atoms with E-state index in [1.54, 1.807) is 26.0 Å². The number of nitrogens with zero attached hydrogens (tertiary/aromatic N) is 1. The summed E-state index contributed by atoms with van der Waals surface area (Å²) in [6, 6.07) is 6.17. The molecule has 0 aromatic heterocycles. The average Bonchev–Trinajstić information content (AvgIpc) is 2.22. The Hall–Kier alpha value is -1.12. The lowest BCUT2D eigenvalue weighted by atomic mass is 10.2. The van der Waals surface area contributed by atoms with Gasteiger partial charge in [-0.15, -0.1) is 0 Å². The Kier molecular flexibility index (Phi) is 5.17. The summed E-state index contributed by atoms with van der Waals surface area (Å²) in [5.74, 6) is 0.169. The Morgan fingerprint density at radius 2 is 1.75 bits per heavy atom. The van der Waals surface area contributed by atoms with E-state index >= 15 is 0 Å². The third kappa shape index (κ3) is 5.48. The lowest BCUT2D eigenvalue weighted by Crippen LogP contribution is -2.35. The lowest BCUT2D eigenvalue weighted by Gasteiger charge is -2.24. The molecule has 0 saturated carbocycles. The molecule has 0 N–H and O–H groups in total. The van der Waals surface area contributed by atoms with Gasteiger partial charge in [-0.05, 0) is 31.5 Å². The van der Waals surface area contributed by atoms with Gasteiger partial charge >= 0.3 is 10.1 Å². The Balaban J connectivity index is 3.01. The molecular formula is C12H19NO5S2. The average molecular weight is 321 g/mol. The first-order chi connectivity index (χ1) is 8.99. The molecule has 0 spiro atoms. The zero-order chi connectivity index (χ0) is 15.6. The third-order valence-corrected chi connectivity index (χ3v) is 4.38. The van der Waals surface area contributed by atoms with Crippen LogP contribution in [0.25, 0.3) is 0 Å². The Morgan fingerprint density at radius 3 is 2.20 bits per heavy atom. The molecule has 0 amide bonds. The van der Waals surface area contributed by atoms with Crippen LogP contribution in [0, 0.1) is 0 Å². The maximum atomic E-state index is 11.7. The van der Waals surface area contributed by atoms with Gasteiger partial charge < -0.3 is 4.18 Å². The van der Waals surface area contributed by atoms with Crippen LogP contribution in [0.1, 0.15) is 19.4 Å². The van der Waals surface area contributed by atoms with Crippen molar-refractivity contribution >= 4 is 20.1 Å². The van der Waals surface area contributed by atoms with Crippen molar-refractivity contribution in [3.8, 4) is 5.75 Å². The van der Waals surface area contributed by atoms with Crippen LogP contribution in [-0.2, 0) is 26.7 Å². The highest BCUT2D eigenvalue weighted by Gasteiger charge is 2.20. The van der Waals surface area contributed by atoms with Crippen molar-refractivity contribution in [1.82, 2.24) is 4.31 Å². The molecule has 0 aliphatic rings. The predicted octanol–water partition coefficient (Wildman–Crippen LogP) is 1.20. The van der Waals surface area contributed by atoms with Gasteiger partial charge in [0.2, 0.25) is 10.0 Å². The normalized spacial score (nSPS) is 12.9. The molecule has 114 valence electrons. The van der Waals surface area contributed by atoms with Crippen LogP contribution < -0.4 is 4.18 Å². The Morgan fingerprint density at radius 1 is 1.15 bits per heavy atom. The second-order valence-electron chi connectivity index (χ2n) is 4.84. The monoisotopic (exact) mass is 321 g/mol. The van der Waals surface area contributed by atoms with Gasteiger partial charge in [0.15, 0.2) is 0 Å². The van der Waals surface area contributed by atoms with E-state index in [1.807, 2.05) is 0 Å². The Bertz CT molecular complexity index is 665. The predicted molar refractivity (Wildman–Crippen MR) is 77.4 cm³/mol. The van der Waals surface area contributed by atoms with E-state index in [0.29, 0.717) is 5.56 Å². The number of benzene rings is 1. The molecule has 0 saturated heterocycles. The second kappa shape index (κ2) is 6.11. The number of hydrogen-bond donors (Lipinski definition) is 0. The molecule has 0 unspecified atom stereocenters. The van der Waals surface area contributed by atoms with E-state index in [4.69, 9.17) is 4.18 Å². The Labute approximate surface area is 120 Å². The number of sulfonamides is 1. The summed E-state index contributed by atoms with van der Waals surface area (Å²) in [6.45, 7) is 3.72. The quantitative estimate of drug-likeness (QED) is 0.735. The highest BCUT2D eigenvalue weighted by molar-refractivity contribution is 7.88. The zero-order valence-electron chi connectivity index (χ0n) is 11.9. The topological polar surface area (TPSA) is 80.8 Å². The zero-order valence-corrected chi connectivity index (χ0v) is 13.5. The molecule has 0 aliphatic carbocycles. The van der Waals surface area contributed by atoms with Crippen LogP contribution in [0.5, 0.6) is 5.75 Å². The van der Waals surface area contributed by atoms with Crippen molar-refractivity contribution in [2.45, 2.75) is 26.4 Å². The molecule has 0 fully saturated rings. The second-order valence-corrected chi connectivity index (χ2v) is 8.35. The van der Waals surface area contributed by atoms with E-state index in [1.165, 1.54) is 16.4 Å². The molecular weight excluding hydrogens is 302 g/mol. The molecule has 6 nitrogen and oxygen atoms in total. The summed E-state index contributed by atoms with van der Waals surface area (Å²) in [6.07, 6.45) is 2.10. The maximum absolute atomic E-state index is 11.7. The van der Waals surface area contributed by atoms with Crippen LogP contribution in [0.4, 0.5) is 0 Å². The number of hydrogen-bond acceptors (Lipinski definition) is 5. The molecule has 1 aromatic carbocycles. The van der Waals surface area contributed by atoms with E-state index in [9.17, 15) is 16.8 Å². The van der Waals surface area contributed by atoms with Gasteiger partial charge in [0.05, 0.1) is 12.5 Å². The van der Waals surface area contributed by atoms with Crippen molar-refractivity contribution < 1.29 is 21.0 Å². The molecule has 0 aliphatic heterocycles. The van der Waals surface area contributed by atoms with Gasteiger partial charge in [0.25, 0.3) is 0 Å². The minimum atomic E-state index is -3.60. The summed E-state index contributed by atoms with van der Waals surface area (Å²) < 4.78 is 51.6. The molecule has 0 atom stereocenters. The minimum absolute atomic E-state index is 0.164. The van der Waals surface area contributed by atoms with E-state index in [-0.39, 0.29) is 18.3 Å². The molecule has 0 bridgehead atoms. The summed E-state index contributed by atoms with van der Waals surface area (Å²) in [5, 5.41) is 0. The molecule has 20 heavy (non-hydrogen) atoms. The summed E-state index contributed by atoms with van der Waals surface area (Å²) in [7, 11) is -6.94. The minimum Gasteiger partial charge on any atom is -0.383 e. The lowest BCUT2D eigenvalue weighted by molar-refractivity contribution is 0.350. The summed E-state index contributed by atoms with van der Waals surface area (Å²) in [5.41, 5.74) is 0.658. The molecule has 8 heteroatoms. The highest BCUT2D eigenvalue weighted by Crippen LogP contribution is 2.18. The SMILES string of the molecule is CC(C)N(Cc1cccc(OS(C)(=O)=O)c1)S(C)(=O)=O. The van der Waals surface area contributed by atoms with Crippen molar-refractivity contribution in [3.63, 3.8) is 0 Å². The third-order valence-electron chi connectivity index (χ3n) is 2.49. The largest absolute Gasteiger partial charge is 0.383 e. The van der Waals surface area contributed by atoms with Crippen LogP contribution in [0.3, 0.4) is 0 Å². The van der Waals surface area contributed by atoms with Gasteiger partial charge in [0.1, 0.15) is 5.75 Å². The molecule has 1 aromatic rings. The van der Waals surface area contributed by atoms with Gasteiger partial charge in [-0.25, -0.2) is 8.42 Å². The van der Waals surface area contributed by atoms with Crippen LogP contribution in [0.2, 0.25) is 0 Å². The van der Waals surface area contributed by atoms with Crippen molar-refractivity contribution in [2.24, 2.45) is 0 Å². The van der Waals surface area contributed by atoms with Gasteiger partial charge in [-0.2, -0.15) is 12.7 Å². The van der Waals surface area contributed by atoms with E-state index in [0.717, 1.165) is 12.5 Å². The smallest absolute Gasteiger partial charge is 0.306 e. The van der Waals surface area contributed by atoms with Crippen molar-refractivity contribution in [2.75, 3.05) is 12.5 Å². The first-order valence-corrected chi connectivity index (χ1v) is 9.61. The van der Waals surface area contributed by atoms with Crippen LogP contribution >= 0.6 is 0 Å². The fourth-order valence-corrected chi connectivity index (χ4v) is 3.34. The number of rotatable bonds is 6. The fraction of sp³-hybridized carbons (Fsp3) is 0.500. The van der Waals surface area contributed by atoms with Crippen molar-refractivity contribution in [1.29, 1.82) is 0 Å². The van der Waals surface area contributed by atoms with Gasteiger partial charge in [0, 0.05) is 12.6 Å². The maximum Gasteiger partial charge on any atom is 0.306 e. The van der Waals surface area contributed by atoms with E-state index < -0.39 is 20.1 Å². The highest BCUT2D eigenvalue weighted by atomic mass is 32.2. The van der Waals surface area contributed by atoms with E-state index in [2.05, 4.69) is 0 Å². The van der Waals surface area contributed by atoms with Crippen molar-refractivity contribution in [3.05, 3.63) is 29.8 Å². The molecule has 0 heterocycles. The fourth-order valence-electron chi connectivity index (χ4n) is 1.73. The molecule has 1 rings (SSSR count). The van der Waals surface area contributed by atoms with Gasteiger partial charge in [-0.3, -0.25) is 0 Å². The van der Waals surface area contributed by atoms with Crippen LogP contribution in [-0.4, -0.2) is 39.7 Å². The first-order valence-electron chi connectivity index (χ1n) is 5.94. The van der Waals surface area contributed by atoms with Gasteiger partial charge in [-0.1, -0.05) is 12.1 Å². The van der Waals surface area contributed by atoms with Crippen LogP contribution in [0.15, 0.2) is 24.3 Å². The summed E-state index contributed by atoms with van der Waals surface area (Å²) >= 11 is 0. The standard InChI is InChI=1S/C12H19NO5S2/c1-10(2)13(19(3,14)15)9-11-6-5-7-12(8-11)18-20(4,16)17/h5-8,10H,9H2,1-4H3.